The Morgan fingerprint density at radius 3 is 2.26 bits per heavy atom. The molecule has 0 amide bonds. The van der Waals surface area contributed by atoms with Crippen molar-refractivity contribution in [3.8, 4) is 0 Å². The van der Waals surface area contributed by atoms with E-state index in [-0.39, 0.29) is 5.54 Å². The van der Waals surface area contributed by atoms with Crippen molar-refractivity contribution in [1.29, 1.82) is 0 Å². The molecule has 0 saturated carbocycles. The Morgan fingerprint density at radius 1 is 0.957 bits per heavy atom. The molecule has 0 spiro atoms. The third kappa shape index (κ3) is 3.09. The molecule has 23 heavy (non-hydrogen) atoms. The minimum atomic E-state index is -0.0895. The van der Waals surface area contributed by atoms with Crippen molar-refractivity contribution in [3.63, 3.8) is 0 Å². The molecular weight excluding hydrogens is 314 g/mol. The quantitative estimate of drug-likeness (QED) is 0.655. The fourth-order valence-corrected chi connectivity index (χ4v) is 3.66. The van der Waals surface area contributed by atoms with E-state index in [9.17, 15) is 0 Å². The molecule has 2 aromatic rings. The van der Waals surface area contributed by atoms with Gasteiger partial charge in [-0.1, -0.05) is 0 Å². The first-order chi connectivity index (χ1) is 11.0. The topological polar surface area (TPSA) is 3.24 Å². The van der Waals surface area contributed by atoms with Gasteiger partial charge in [-0.3, -0.25) is 0 Å². The summed E-state index contributed by atoms with van der Waals surface area (Å²) in [7, 11) is 0. The molecular formula is C21H22NTi. The number of rotatable bonds is 4. The van der Waals surface area contributed by atoms with Crippen molar-refractivity contribution in [2.24, 2.45) is 0 Å². The second-order valence-electron chi connectivity index (χ2n) is 6.54. The molecule has 1 aliphatic rings. The summed E-state index contributed by atoms with van der Waals surface area (Å²) in [6.07, 6.45) is 5.53. The number of allylic oxidation sites excluding steroid dienone is 4. The second kappa shape index (κ2) is 6.51. The SMILES string of the molecule is CC1=C(c2ccccc2C(C)(C)[N]([Ti])c2ccccc2)CC=C1. The van der Waals surface area contributed by atoms with Gasteiger partial charge in [-0.2, -0.15) is 0 Å². The molecule has 0 heterocycles. The Morgan fingerprint density at radius 2 is 1.61 bits per heavy atom. The van der Waals surface area contributed by atoms with E-state index in [1.165, 1.54) is 28.0 Å². The molecule has 0 unspecified atom stereocenters. The van der Waals surface area contributed by atoms with Gasteiger partial charge in [0.25, 0.3) is 0 Å². The Labute approximate surface area is 151 Å². The van der Waals surface area contributed by atoms with Crippen LogP contribution in [-0.2, 0) is 26.2 Å². The Hall–Kier alpha value is -1.57. The van der Waals surface area contributed by atoms with Crippen molar-refractivity contribution >= 4 is 11.3 Å². The van der Waals surface area contributed by atoms with Crippen LogP contribution in [0, 0.1) is 0 Å². The molecule has 0 N–H and O–H groups in total. The molecule has 0 fully saturated rings. The Bertz CT molecular complexity index is 756. The summed E-state index contributed by atoms with van der Waals surface area (Å²) >= 11 is 2.18. The molecule has 115 valence electrons. The molecule has 0 radical (unpaired) electrons. The van der Waals surface area contributed by atoms with Crippen LogP contribution in [-0.4, -0.2) is 0 Å². The second-order valence-corrected chi connectivity index (χ2v) is 7.24. The summed E-state index contributed by atoms with van der Waals surface area (Å²) in [5.41, 5.74) is 6.74. The molecule has 1 nitrogen and oxygen atoms in total. The van der Waals surface area contributed by atoms with E-state index in [1.54, 1.807) is 0 Å². The van der Waals surface area contributed by atoms with E-state index >= 15 is 0 Å². The number of para-hydroxylation sites is 1. The summed E-state index contributed by atoms with van der Waals surface area (Å²) in [4.78, 5) is 0. The summed E-state index contributed by atoms with van der Waals surface area (Å²) < 4.78 is 2.37. The zero-order valence-corrected chi connectivity index (χ0v) is 15.6. The summed E-state index contributed by atoms with van der Waals surface area (Å²) in [5, 5.41) is 0. The monoisotopic (exact) mass is 336 g/mol. The van der Waals surface area contributed by atoms with Crippen LogP contribution in [0.5, 0.6) is 0 Å². The zero-order valence-electron chi connectivity index (χ0n) is 14.0. The maximum absolute atomic E-state index is 2.37. The summed E-state index contributed by atoms with van der Waals surface area (Å²) in [5.74, 6) is 0. The van der Waals surface area contributed by atoms with Crippen LogP contribution >= 0.6 is 0 Å². The van der Waals surface area contributed by atoms with Crippen LogP contribution < -0.4 is 3.38 Å². The predicted molar refractivity (Wildman–Crippen MR) is 94.7 cm³/mol. The normalized spacial score (nSPS) is 14.3. The molecule has 2 heteroatoms. The molecule has 0 aliphatic heterocycles. The fraction of sp³-hybridized carbons (Fsp3) is 0.238. The van der Waals surface area contributed by atoms with E-state index in [4.69, 9.17) is 0 Å². The number of hydrogen-bond acceptors (Lipinski definition) is 1. The first-order valence-corrected chi connectivity index (χ1v) is 8.74. The molecule has 0 saturated heterocycles. The van der Waals surface area contributed by atoms with E-state index < -0.39 is 0 Å². The van der Waals surface area contributed by atoms with Crippen LogP contribution in [0.3, 0.4) is 0 Å². The van der Waals surface area contributed by atoms with Crippen molar-refractivity contribution in [2.75, 3.05) is 3.38 Å². The van der Waals surface area contributed by atoms with Gasteiger partial charge in [0.2, 0.25) is 0 Å². The molecule has 0 atom stereocenters. The van der Waals surface area contributed by atoms with Crippen molar-refractivity contribution in [2.45, 2.75) is 32.7 Å². The molecule has 2 aromatic carbocycles. The summed E-state index contributed by atoms with van der Waals surface area (Å²) in [6.45, 7) is 6.82. The van der Waals surface area contributed by atoms with Gasteiger partial charge in [0.1, 0.15) is 0 Å². The number of nitrogens with zero attached hydrogens (tertiary/aromatic N) is 1. The Balaban J connectivity index is 2.06. The summed E-state index contributed by atoms with van der Waals surface area (Å²) in [6, 6.07) is 19.4. The average Bonchev–Trinajstić information content (AvgIpc) is 3.01. The molecule has 0 bridgehead atoms. The molecule has 1 aliphatic carbocycles. The first-order valence-electron chi connectivity index (χ1n) is 8.04. The predicted octanol–water partition coefficient (Wildman–Crippen LogP) is 5.62. The van der Waals surface area contributed by atoms with Crippen molar-refractivity contribution in [1.82, 2.24) is 0 Å². The number of anilines is 1. The van der Waals surface area contributed by atoms with Gasteiger partial charge in [-0.05, 0) is 0 Å². The minimum absolute atomic E-state index is 0.0895. The van der Waals surface area contributed by atoms with E-state index in [2.05, 4.69) is 112 Å². The third-order valence-electron chi connectivity index (χ3n) is 4.65. The van der Waals surface area contributed by atoms with Gasteiger partial charge in [0, 0.05) is 0 Å². The first kappa shape index (κ1) is 16.3. The van der Waals surface area contributed by atoms with E-state index in [0.717, 1.165) is 6.42 Å². The maximum atomic E-state index is 2.37. The Kier molecular flexibility index (Phi) is 4.61. The van der Waals surface area contributed by atoms with Crippen molar-refractivity contribution < 1.29 is 20.7 Å². The average molecular weight is 336 g/mol. The third-order valence-corrected chi connectivity index (χ3v) is 5.93. The van der Waals surface area contributed by atoms with Gasteiger partial charge in [0.15, 0.2) is 0 Å². The van der Waals surface area contributed by atoms with Gasteiger partial charge in [-0.15, -0.1) is 0 Å². The van der Waals surface area contributed by atoms with Crippen LogP contribution in [0.25, 0.3) is 5.57 Å². The van der Waals surface area contributed by atoms with Gasteiger partial charge in [0.05, 0.1) is 0 Å². The van der Waals surface area contributed by atoms with Crippen LogP contribution in [0.2, 0.25) is 0 Å². The van der Waals surface area contributed by atoms with Gasteiger partial charge in [-0.25, -0.2) is 0 Å². The van der Waals surface area contributed by atoms with Crippen LogP contribution in [0.4, 0.5) is 5.69 Å². The van der Waals surface area contributed by atoms with Crippen molar-refractivity contribution in [3.05, 3.63) is 83.4 Å². The van der Waals surface area contributed by atoms with Gasteiger partial charge >= 0.3 is 152 Å². The standard InChI is InChI=1S/C21H22N.Ti/c1-16-10-9-14-18(16)19-13-7-8-15-20(19)21(2,3)22-17-11-5-4-6-12-17;/h4-13,15H,14H2,1-3H3;/q-1;+1. The fourth-order valence-electron chi connectivity index (χ4n) is 3.24. The molecule has 3 rings (SSSR count). The van der Waals surface area contributed by atoms with E-state index in [0.29, 0.717) is 0 Å². The van der Waals surface area contributed by atoms with E-state index in [1.807, 2.05) is 0 Å². The van der Waals surface area contributed by atoms with Crippen LogP contribution in [0.1, 0.15) is 38.3 Å². The zero-order chi connectivity index (χ0) is 16.4. The molecule has 0 aromatic heterocycles. The number of hydrogen-bond donors (Lipinski definition) is 0. The number of benzene rings is 2. The van der Waals surface area contributed by atoms with Crippen LogP contribution in [0.15, 0.2) is 72.3 Å². The van der Waals surface area contributed by atoms with Gasteiger partial charge < -0.3 is 0 Å².